The molecule has 2 nitrogen and oxygen atoms in total. The van der Waals surface area contributed by atoms with Gasteiger partial charge in [-0.3, -0.25) is 0 Å². The lowest BCUT2D eigenvalue weighted by Gasteiger charge is -2.26. The minimum Gasteiger partial charge on any atom is -0.461 e. The standard InChI is InChI=1S/C17H25NO/c1-6-14-16(13(18-5)11-17(2,3)4)12-9-7-8-10-15(12)19-14/h7-10,13,18H,6,11H2,1-5H3. The van der Waals surface area contributed by atoms with Crippen LogP contribution < -0.4 is 5.32 Å². The van der Waals surface area contributed by atoms with Gasteiger partial charge in [-0.05, 0) is 24.9 Å². The molecular formula is C17H25NO. The zero-order valence-corrected chi connectivity index (χ0v) is 12.7. The van der Waals surface area contributed by atoms with E-state index in [4.69, 9.17) is 4.42 Å². The van der Waals surface area contributed by atoms with E-state index >= 15 is 0 Å². The third-order valence-corrected chi connectivity index (χ3v) is 3.55. The molecule has 0 aliphatic heterocycles. The van der Waals surface area contributed by atoms with Crippen LogP contribution in [0.25, 0.3) is 11.0 Å². The maximum Gasteiger partial charge on any atom is 0.134 e. The van der Waals surface area contributed by atoms with Crippen molar-refractivity contribution in [1.29, 1.82) is 0 Å². The third kappa shape index (κ3) is 3.01. The van der Waals surface area contributed by atoms with Gasteiger partial charge in [-0.2, -0.15) is 0 Å². The van der Waals surface area contributed by atoms with Crippen LogP contribution in [0.3, 0.4) is 0 Å². The zero-order valence-electron chi connectivity index (χ0n) is 12.7. The van der Waals surface area contributed by atoms with Gasteiger partial charge in [-0.1, -0.05) is 45.9 Å². The quantitative estimate of drug-likeness (QED) is 0.861. The highest BCUT2D eigenvalue weighted by atomic mass is 16.3. The van der Waals surface area contributed by atoms with Crippen LogP contribution in [0.1, 0.15) is 51.5 Å². The number of fused-ring (bicyclic) bond motifs is 1. The lowest BCUT2D eigenvalue weighted by Crippen LogP contribution is -2.23. The second-order valence-electron chi connectivity index (χ2n) is 6.39. The van der Waals surface area contributed by atoms with Crippen molar-refractivity contribution in [2.45, 2.75) is 46.6 Å². The van der Waals surface area contributed by atoms with Crippen LogP contribution in [0, 0.1) is 5.41 Å². The maximum atomic E-state index is 6.01. The average Bonchev–Trinajstić information content (AvgIpc) is 2.73. The van der Waals surface area contributed by atoms with Crippen molar-refractivity contribution in [3.8, 4) is 0 Å². The summed E-state index contributed by atoms with van der Waals surface area (Å²) < 4.78 is 6.01. The van der Waals surface area contributed by atoms with Crippen LogP contribution in [-0.4, -0.2) is 7.05 Å². The normalized spacial score (nSPS) is 13.9. The van der Waals surface area contributed by atoms with Crippen molar-refractivity contribution in [3.63, 3.8) is 0 Å². The van der Waals surface area contributed by atoms with Gasteiger partial charge < -0.3 is 9.73 Å². The Morgan fingerprint density at radius 1 is 1.21 bits per heavy atom. The van der Waals surface area contributed by atoms with Crippen LogP contribution in [0.5, 0.6) is 0 Å². The van der Waals surface area contributed by atoms with Crippen molar-refractivity contribution in [3.05, 3.63) is 35.6 Å². The zero-order chi connectivity index (χ0) is 14.0. The Kier molecular flexibility index (Phi) is 4.00. The fraction of sp³-hybridized carbons (Fsp3) is 0.529. The van der Waals surface area contributed by atoms with E-state index in [2.05, 4.69) is 51.2 Å². The van der Waals surface area contributed by atoms with Gasteiger partial charge in [0.25, 0.3) is 0 Å². The molecule has 1 atom stereocenters. The number of nitrogens with one attached hydrogen (secondary N) is 1. The highest BCUT2D eigenvalue weighted by Gasteiger charge is 2.24. The number of benzene rings is 1. The van der Waals surface area contributed by atoms with Crippen LogP contribution in [0.15, 0.2) is 28.7 Å². The van der Waals surface area contributed by atoms with E-state index in [0.717, 1.165) is 24.2 Å². The van der Waals surface area contributed by atoms with Gasteiger partial charge in [0.2, 0.25) is 0 Å². The first kappa shape index (κ1) is 14.1. The molecule has 104 valence electrons. The molecule has 0 spiro atoms. The van der Waals surface area contributed by atoms with Gasteiger partial charge in [-0.25, -0.2) is 0 Å². The fourth-order valence-corrected chi connectivity index (χ4v) is 2.72. The van der Waals surface area contributed by atoms with E-state index in [-0.39, 0.29) is 5.41 Å². The Morgan fingerprint density at radius 3 is 2.47 bits per heavy atom. The number of rotatable bonds is 4. The second kappa shape index (κ2) is 5.38. The van der Waals surface area contributed by atoms with Crippen LogP contribution in [0.4, 0.5) is 0 Å². The molecular weight excluding hydrogens is 234 g/mol. The molecule has 1 aromatic heterocycles. The predicted molar refractivity (Wildman–Crippen MR) is 81.5 cm³/mol. The Bertz CT molecular complexity index is 548. The summed E-state index contributed by atoms with van der Waals surface area (Å²) in [6.45, 7) is 9.01. The molecule has 0 aliphatic carbocycles. The summed E-state index contributed by atoms with van der Waals surface area (Å²) in [6.07, 6.45) is 2.03. The molecule has 2 aromatic rings. The molecule has 2 heteroatoms. The van der Waals surface area contributed by atoms with Crippen molar-refractivity contribution in [1.82, 2.24) is 5.32 Å². The summed E-state index contributed by atoms with van der Waals surface area (Å²) in [6, 6.07) is 8.69. The Hall–Kier alpha value is -1.28. The molecule has 0 aliphatic rings. The molecule has 19 heavy (non-hydrogen) atoms. The van der Waals surface area contributed by atoms with Gasteiger partial charge in [0.1, 0.15) is 11.3 Å². The van der Waals surface area contributed by atoms with E-state index in [1.165, 1.54) is 10.9 Å². The Balaban J connectivity index is 2.51. The lowest BCUT2D eigenvalue weighted by molar-refractivity contribution is 0.319. The molecule has 0 bridgehead atoms. The molecule has 0 amide bonds. The minimum atomic E-state index is 0.289. The van der Waals surface area contributed by atoms with Crippen LogP contribution in [-0.2, 0) is 6.42 Å². The Morgan fingerprint density at radius 2 is 1.89 bits per heavy atom. The molecule has 1 aromatic carbocycles. The van der Waals surface area contributed by atoms with Crippen LogP contribution in [0.2, 0.25) is 0 Å². The SMILES string of the molecule is CCc1oc2ccccc2c1C(CC(C)(C)C)NC. The van der Waals surface area contributed by atoms with E-state index in [9.17, 15) is 0 Å². The van der Waals surface area contributed by atoms with Gasteiger partial charge >= 0.3 is 0 Å². The van der Waals surface area contributed by atoms with Crippen molar-refractivity contribution in [2.24, 2.45) is 5.41 Å². The molecule has 0 saturated heterocycles. The number of hydrogen-bond donors (Lipinski definition) is 1. The minimum absolute atomic E-state index is 0.289. The van der Waals surface area contributed by atoms with Crippen LogP contribution >= 0.6 is 0 Å². The number of aryl methyl sites for hydroxylation is 1. The first-order valence-electron chi connectivity index (χ1n) is 7.14. The van der Waals surface area contributed by atoms with Gasteiger partial charge in [0, 0.05) is 23.4 Å². The van der Waals surface area contributed by atoms with Crippen molar-refractivity contribution in [2.75, 3.05) is 7.05 Å². The number of furan rings is 1. The van der Waals surface area contributed by atoms with E-state index in [1.54, 1.807) is 0 Å². The summed E-state index contributed by atoms with van der Waals surface area (Å²) in [4.78, 5) is 0. The summed E-state index contributed by atoms with van der Waals surface area (Å²) >= 11 is 0. The highest BCUT2D eigenvalue weighted by Crippen LogP contribution is 2.36. The summed E-state index contributed by atoms with van der Waals surface area (Å²) in [5, 5.41) is 4.72. The average molecular weight is 259 g/mol. The summed E-state index contributed by atoms with van der Waals surface area (Å²) in [7, 11) is 2.04. The molecule has 1 N–H and O–H groups in total. The second-order valence-corrected chi connectivity index (χ2v) is 6.39. The van der Waals surface area contributed by atoms with E-state index < -0.39 is 0 Å². The highest BCUT2D eigenvalue weighted by molar-refractivity contribution is 5.82. The topological polar surface area (TPSA) is 25.2 Å². The predicted octanol–water partition coefficient (Wildman–Crippen LogP) is 4.69. The van der Waals surface area contributed by atoms with Gasteiger partial charge in [0.15, 0.2) is 0 Å². The largest absolute Gasteiger partial charge is 0.461 e. The first-order chi connectivity index (χ1) is 8.96. The molecule has 0 fully saturated rings. The molecule has 0 saturated carbocycles. The number of para-hydroxylation sites is 1. The molecule has 1 heterocycles. The van der Waals surface area contributed by atoms with Crippen molar-refractivity contribution >= 4 is 11.0 Å². The van der Waals surface area contributed by atoms with E-state index in [1.807, 2.05) is 13.1 Å². The summed E-state index contributed by atoms with van der Waals surface area (Å²) in [5.41, 5.74) is 2.64. The fourth-order valence-electron chi connectivity index (χ4n) is 2.72. The first-order valence-corrected chi connectivity index (χ1v) is 7.14. The smallest absolute Gasteiger partial charge is 0.134 e. The monoisotopic (exact) mass is 259 g/mol. The summed E-state index contributed by atoms with van der Waals surface area (Å²) in [5.74, 6) is 1.12. The Labute approximate surface area is 116 Å². The van der Waals surface area contributed by atoms with Gasteiger partial charge in [-0.15, -0.1) is 0 Å². The molecule has 0 radical (unpaired) electrons. The molecule has 2 rings (SSSR count). The van der Waals surface area contributed by atoms with Crippen molar-refractivity contribution < 1.29 is 4.42 Å². The van der Waals surface area contributed by atoms with Gasteiger partial charge in [0.05, 0.1) is 0 Å². The lowest BCUT2D eigenvalue weighted by atomic mass is 9.84. The van der Waals surface area contributed by atoms with E-state index in [0.29, 0.717) is 6.04 Å². The number of hydrogen-bond acceptors (Lipinski definition) is 2. The molecule has 1 unspecified atom stereocenters. The third-order valence-electron chi connectivity index (χ3n) is 3.55. The maximum absolute atomic E-state index is 6.01.